The van der Waals surface area contributed by atoms with Gasteiger partial charge in [-0.3, -0.25) is 4.79 Å². The molecule has 1 fully saturated rings. The van der Waals surface area contributed by atoms with Crippen LogP contribution in [0, 0.1) is 0 Å². The molecule has 0 spiro atoms. The molecule has 1 saturated heterocycles. The number of hydrogen-bond acceptors (Lipinski definition) is 4. The minimum Gasteiger partial charge on any atom is -0.368 e. The fourth-order valence-corrected chi connectivity index (χ4v) is 2.70. The van der Waals surface area contributed by atoms with E-state index in [0.717, 1.165) is 25.2 Å². The van der Waals surface area contributed by atoms with Gasteiger partial charge < -0.3 is 10.2 Å². The first-order valence-corrected chi connectivity index (χ1v) is 6.75. The summed E-state index contributed by atoms with van der Waals surface area (Å²) < 4.78 is 1.97. The molecule has 0 aromatic carbocycles. The lowest BCUT2D eigenvalue weighted by molar-refractivity contribution is 0.615. The molecule has 2 heterocycles. The van der Waals surface area contributed by atoms with Gasteiger partial charge in [-0.15, -0.1) is 6.58 Å². The molecule has 1 aromatic rings. The van der Waals surface area contributed by atoms with Crippen molar-refractivity contribution in [2.75, 3.05) is 25.0 Å². The van der Waals surface area contributed by atoms with Crippen molar-refractivity contribution in [3.8, 4) is 0 Å². The highest BCUT2D eigenvalue weighted by Crippen LogP contribution is 2.25. The Balaban J connectivity index is 2.27. The summed E-state index contributed by atoms with van der Waals surface area (Å²) in [7, 11) is 1.96. The van der Waals surface area contributed by atoms with Gasteiger partial charge in [0.1, 0.15) is 4.47 Å². The van der Waals surface area contributed by atoms with E-state index in [9.17, 15) is 4.79 Å². The number of anilines is 1. The number of hydrogen-bond donors (Lipinski definition) is 1. The second-order valence-electron chi connectivity index (χ2n) is 4.34. The molecule has 2 rings (SSSR count). The SMILES string of the molecule is C=CCn1ncc(N2CCC(NC)C2)c(Br)c1=O. The van der Waals surface area contributed by atoms with Gasteiger partial charge >= 0.3 is 0 Å². The summed E-state index contributed by atoms with van der Waals surface area (Å²) >= 11 is 3.38. The van der Waals surface area contributed by atoms with Gasteiger partial charge in [0.15, 0.2) is 0 Å². The van der Waals surface area contributed by atoms with Gasteiger partial charge in [-0.25, -0.2) is 4.68 Å². The number of likely N-dealkylation sites (N-methyl/N-ethyl adjacent to an activating group) is 1. The van der Waals surface area contributed by atoms with Crippen molar-refractivity contribution in [2.24, 2.45) is 0 Å². The molecule has 0 aliphatic carbocycles. The molecule has 1 atom stereocenters. The zero-order valence-corrected chi connectivity index (χ0v) is 12.0. The van der Waals surface area contributed by atoms with Crippen LogP contribution in [0.2, 0.25) is 0 Å². The van der Waals surface area contributed by atoms with E-state index in [4.69, 9.17) is 0 Å². The van der Waals surface area contributed by atoms with E-state index in [-0.39, 0.29) is 5.56 Å². The molecule has 0 bridgehead atoms. The van der Waals surface area contributed by atoms with Crippen LogP contribution in [0.1, 0.15) is 6.42 Å². The van der Waals surface area contributed by atoms with Crippen molar-refractivity contribution in [3.05, 3.63) is 33.7 Å². The van der Waals surface area contributed by atoms with Crippen LogP contribution in [0.3, 0.4) is 0 Å². The van der Waals surface area contributed by atoms with E-state index in [1.807, 2.05) is 7.05 Å². The van der Waals surface area contributed by atoms with Crippen LogP contribution in [0.4, 0.5) is 5.69 Å². The Kier molecular flexibility index (Phi) is 4.19. The lowest BCUT2D eigenvalue weighted by Crippen LogP contribution is -2.31. The first-order chi connectivity index (χ1) is 8.67. The number of nitrogens with one attached hydrogen (secondary N) is 1. The average Bonchev–Trinajstić information content (AvgIpc) is 2.84. The smallest absolute Gasteiger partial charge is 0.283 e. The summed E-state index contributed by atoms with van der Waals surface area (Å²) in [5, 5.41) is 7.42. The Labute approximate surface area is 115 Å². The predicted octanol–water partition coefficient (Wildman–Crippen LogP) is 0.990. The summed E-state index contributed by atoms with van der Waals surface area (Å²) in [6.07, 6.45) is 4.49. The number of nitrogens with zero attached hydrogens (tertiary/aromatic N) is 3. The summed E-state index contributed by atoms with van der Waals surface area (Å²) in [5.74, 6) is 0. The molecule has 0 amide bonds. The molecule has 0 radical (unpaired) electrons. The first-order valence-electron chi connectivity index (χ1n) is 5.96. The topological polar surface area (TPSA) is 50.2 Å². The maximum absolute atomic E-state index is 12.1. The zero-order valence-electron chi connectivity index (χ0n) is 10.4. The molecule has 1 unspecified atom stereocenters. The molecular formula is C12H17BrN4O. The second kappa shape index (κ2) is 5.67. The van der Waals surface area contributed by atoms with E-state index < -0.39 is 0 Å². The van der Waals surface area contributed by atoms with Crippen LogP contribution >= 0.6 is 15.9 Å². The first kappa shape index (κ1) is 13.3. The van der Waals surface area contributed by atoms with Crippen LogP contribution < -0.4 is 15.8 Å². The monoisotopic (exact) mass is 312 g/mol. The maximum Gasteiger partial charge on any atom is 0.283 e. The van der Waals surface area contributed by atoms with Crippen LogP contribution in [0.15, 0.2) is 28.1 Å². The Hall–Kier alpha value is -1.14. The van der Waals surface area contributed by atoms with Crippen molar-refractivity contribution >= 4 is 21.6 Å². The third-order valence-corrected chi connectivity index (χ3v) is 3.95. The highest BCUT2D eigenvalue weighted by atomic mass is 79.9. The van der Waals surface area contributed by atoms with E-state index >= 15 is 0 Å². The Morgan fingerprint density at radius 1 is 1.72 bits per heavy atom. The minimum atomic E-state index is -0.111. The maximum atomic E-state index is 12.1. The van der Waals surface area contributed by atoms with E-state index in [1.165, 1.54) is 4.68 Å². The average molecular weight is 313 g/mol. The number of rotatable bonds is 4. The summed E-state index contributed by atoms with van der Waals surface area (Å²) in [4.78, 5) is 14.2. The molecule has 6 heteroatoms. The Morgan fingerprint density at radius 2 is 2.50 bits per heavy atom. The van der Waals surface area contributed by atoms with E-state index in [2.05, 4.69) is 37.8 Å². The molecule has 1 aliphatic heterocycles. The van der Waals surface area contributed by atoms with Crippen molar-refractivity contribution in [3.63, 3.8) is 0 Å². The second-order valence-corrected chi connectivity index (χ2v) is 5.13. The number of aromatic nitrogens is 2. The lowest BCUT2D eigenvalue weighted by Gasteiger charge is -2.19. The predicted molar refractivity (Wildman–Crippen MR) is 76.1 cm³/mol. The molecule has 1 aromatic heterocycles. The lowest BCUT2D eigenvalue weighted by atomic mass is 10.3. The van der Waals surface area contributed by atoms with Crippen LogP contribution in [-0.2, 0) is 6.54 Å². The largest absolute Gasteiger partial charge is 0.368 e. The molecule has 1 N–H and O–H groups in total. The van der Waals surface area contributed by atoms with Crippen molar-refractivity contribution < 1.29 is 0 Å². The van der Waals surface area contributed by atoms with Crippen molar-refractivity contribution in [2.45, 2.75) is 19.0 Å². The summed E-state index contributed by atoms with van der Waals surface area (Å²) in [6, 6.07) is 0.479. The van der Waals surface area contributed by atoms with Crippen LogP contribution in [0.5, 0.6) is 0 Å². The molecule has 18 heavy (non-hydrogen) atoms. The molecule has 98 valence electrons. The fraction of sp³-hybridized carbons (Fsp3) is 0.500. The van der Waals surface area contributed by atoms with Gasteiger partial charge in [0.2, 0.25) is 0 Å². The normalized spacial score (nSPS) is 19.2. The quantitative estimate of drug-likeness (QED) is 0.842. The van der Waals surface area contributed by atoms with Gasteiger partial charge in [0, 0.05) is 19.1 Å². The zero-order chi connectivity index (χ0) is 13.1. The minimum absolute atomic E-state index is 0.111. The van der Waals surface area contributed by atoms with E-state index in [1.54, 1.807) is 12.3 Å². The molecule has 0 saturated carbocycles. The van der Waals surface area contributed by atoms with Gasteiger partial charge in [0.25, 0.3) is 5.56 Å². The Morgan fingerprint density at radius 3 is 3.11 bits per heavy atom. The fourth-order valence-electron chi connectivity index (χ4n) is 2.14. The van der Waals surface area contributed by atoms with Crippen molar-refractivity contribution in [1.82, 2.24) is 15.1 Å². The molecular weight excluding hydrogens is 296 g/mol. The van der Waals surface area contributed by atoms with Crippen LogP contribution in [-0.4, -0.2) is 36.0 Å². The summed E-state index contributed by atoms with van der Waals surface area (Å²) in [5.41, 5.74) is 0.762. The molecule has 1 aliphatic rings. The van der Waals surface area contributed by atoms with Gasteiger partial charge in [0.05, 0.1) is 18.4 Å². The number of allylic oxidation sites excluding steroid dienone is 1. The van der Waals surface area contributed by atoms with Crippen molar-refractivity contribution in [1.29, 1.82) is 0 Å². The highest BCUT2D eigenvalue weighted by Gasteiger charge is 2.24. The van der Waals surface area contributed by atoms with Crippen LogP contribution in [0.25, 0.3) is 0 Å². The van der Waals surface area contributed by atoms with Gasteiger partial charge in [-0.2, -0.15) is 5.10 Å². The highest BCUT2D eigenvalue weighted by molar-refractivity contribution is 9.10. The standard InChI is InChI=1S/C12H17BrN4O/c1-3-5-17-12(18)11(13)10(7-15-17)16-6-4-9(8-16)14-2/h3,7,9,14H,1,4-6,8H2,2H3. The third kappa shape index (κ3) is 2.49. The van der Waals surface area contributed by atoms with Gasteiger partial charge in [-0.1, -0.05) is 6.08 Å². The number of halogens is 1. The van der Waals surface area contributed by atoms with E-state index in [0.29, 0.717) is 17.1 Å². The molecule has 5 nitrogen and oxygen atoms in total. The summed E-state index contributed by atoms with van der Waals surface area (Å²) in [6.45, 7) is 5.89. The third-order valence-electron chi connectivity index (χ3n) is 3.21. The Bertz CT molecular complexity index is 499. The van der Waals surface area contributed by atoms with Gasteiger partial charge in [-0.05, 0) is 29.4 Å².